The zero-order chi connectivity index (χ0) is 58.4. The van der Waals surface area contributed by atoms with Gasteiger partial charge in [0.05, 0.1) is 79.6 Å². The Balaban J connectivity index is 1.54. The van der Waals surface area contributed by atoms with Gasteiger partial charge in [-0.3, -0.25) is 19.2 Å². The van der Waals surface area contributed by atoms with E-state index in [0.717, 1.165) is 0 Å². The number of Topliss-reactive ketones (excluding diaryl/α,β-unsaturated/α-hetero) is 2. The van der Waals surface area contributed by atoms with Gasteiger partial charge in [-0.15, -0.1) is 0 Å². The highest BCUT2D eigenvalue weighted by Gasteiger charge is 2.51. The molecular formula is C58H84N2O19. The number of nitrogens with two attached hydrogens (primary N) is 2. The summed E-state index contributed by atoms with van der Waals surface area (Å²) in [5.41, 5.74) is 12.7. The Labute approximate surface area is 461 Å². The number of rotatable bonds is 10. The van der Waals surface area contributed by atoms with Crippen LogP contribution in [0.5, 0.6) is 0 Å². The molecule has 2 bridgehead atoms. The number of benzene rings is 1. The molecule has 79 heavy (non-hydrogen) atoms. The Bertz CT molecular complexity index is 2280. The summed E-state index contributed by atoms with van der Waals surface area (Å²) in [5, 5.41) is 119. The predicted molar refractivity (Wildman–Crippen MR) is 290 cm³/mol. The van der Waals surface area contributed by atoms with Crippen LogP contribution >= 0.6 is 0 Å². The van der Waals surface area contributed by atoms with Crippen molar-refractivity contribution in [3.63, 3.8) is 0 Å². The number of aliphatic hydroxyl groups is 10. The monoisotopic (exact) mass is 1110 g/mol. The van der Waals surface area contributed by atoms with Gasteiger partial charge in [0.2, 0.25) is 0 Å². The maximum Gasteiger partial charge on any atom is 0.311 e. The van der Waals surface area contributed by atoms with Crippen molar-refractivity contribution in [2.75, 3.05) is 5.73 Å². The molecule has 0 spiro atoms. The molecule has 19 atom stereocenters. The van der Waals surface area contributed by atoms with Gasteiger partial charge in [-0.1, -0.05) is 98.9 Å². The number of aliphatic hydroxyl groups excluding tert-OH is 9. The number of carbonyl (C=O) groups is 4. The third-order valence-electron chi connectivity index (χ3n) is 14.1. The Morgan fingerprint density at radius 1 is 0.709 bits per heavy atom. The maximum absolute atomic E-state index is 13.3. The van der Waals surface area contributed by atoms with Crippen LogP contribution in [0.15, 0.2) is 109 Å². The molecule has 3 aliphatic rings. The standard InChI is InChI=1S/C58H84N2O19/c1-34-16-14-12-10-8-6-4-5-7-9-11-13-15-17-46(77-57-54(72)52(60)53(71)36(3)76-57)31-49-51(56(73)74)48(69)33-58(75,79-49)32-45(67)28-43(65)26-41(63)24-40(62)25-42(64)27-44(66)30-50(70)78-55(34)35(2)18-23-39(61)29-47(68)37-19-21-38(59)22-20-37/h4-17,19-22,34-36,39-41,43-46,48-49,51-55,57,61-63,65-67,69,71-72,75H,18,23-33,59-60H2,1-3H3,(H,73,74)/t34?,35?,36-,39?,40?,41?,43?,44?,45?,46?,48?,49?,51?,52+,53-,54+,55?,57+,58?/m0/s1. The molecule has 1 aromatic rings. The van der Waals surface area contributed by atoms with Crippen molar-refractivity contribution >= 4 is 29.2 Å². The lowest BCUT2D eigenvalue weighted by Gasteiger charge is -2.45. The van der Waals surface area contributed by atoms with Crippen molar-refractivity contribution in [2.45, 2.75) is 195 Å². The first kappa shape index (κ1) is 66.4. The second-order valence-corrected chi connectivity index (χ2v) is 21.2. The maximum atomic E-state index is 13.3. The topological polar surface area (TPSA) is 380 Å². The highest BCUT2D eigenvalue weighted by atomic mass is 16.7. The molecule has 0 radical (unpaired) electrons. The first-order valence-corrected chi connectivity index (χ1v) is 26.9. The number of hydrogen-bond donors (Lipinski definition) is 13. The van der Waals surface area contributed by atoms with Crippen LogP contribution in [0, 0.1) is 17.8 Å². The number of fused-ring (bicyclic) bond motifs is 2. The van der Waals surface area contributed by atoms with Crippen molar-refractivity contribution in [3.8, 4) is 0 Å². The third-order valence-corrected chi connectivity index (χ3v) is 14.1. The van der Waals surface area contributed by atoms with E-state index in [-0.39, 0.29) is 36.9 Å². The number of carboxylic acid groups (broad SMARTS) is 1. The number of cyclic esters (lactones) is 1. The molecule has 0 aliphatic carbocycles. The molecule has 14 unspecified atom stereocenters. The van der Waals surface area contributed by atoms with E-state index in [1.54, 1.807) is 97.2 Å². The van der Waals surface area contributed by atoms with Crippen molar-refractivity contribution in [3.05, 3.63) is 115 Å². The van der Waals surface area contributed by atoms with Gasteiger partial charge in [-0.25, -0.2) is 0 Å². The summed E-state index contributed by atoms with van der Waals surface area (Å²) < 4.78 is 23.7. The molecule has 0 saturated carbocycles. The molecule has 1 aromatic carbocycles. The Kier molecular flexibility index (Phi) is 27.7. The predicted octanol–water partition coefficient (Wildman–Crippen LogP) is 2.29. The van der Waals surface area contributed by atoms with Crippen LogP contribution < -0.4 is 11.5 Å². The number of hydrogen-bond acceptors (Lipinski definition) is 20. The van der Waals surface area contributed by atoms with Gasteiger partial charge in [-0.05, 0) is 69.2 Å². The van der Waals surface area contributed by atoms with E-state index in [2.05, 4.69) is 0 Å². The normalized spacial score (nSPS) is 35.6. The van der Waals surface area contributed by atoms with Crippen LogP contribution in [0.2, 0.25) is 0 Å². The summed E-state index contributed by atoms with van der Waals surface area (Å²) in [7, 11) is 0. The quantitative estimate of drug-likeness (QED) is 0.0908. The summed E-state index contributed by atoms with van der Waals surface area (Å²) in [6.45, 7) is 5.20. The second kappa shape index (κ2) is 33.0. The van der Waals surface area contributed by atoms with Crippen LogP contribution in [0.3, 0.4) is 0 Å². The number of carboxylic acids is 1. The first-order valence-electron chi connectivity index (χ1n) is 26.9. The van der Waals surface area contributed by atoms with E-state index in [4.69, 9.17) is 30.4 Å². The number of esters is 1. The Hall–Kier alpha value is -5.08. The number of carbonyl (C=O) groups excluding carboxylic acids is 3. The van der Waals surface area contributed by atoms with Crippen LogP contribution in [-0.4, -0.2) is 177 Å². The summed E-state index contributed by atoms with van der Waals surface area (Å²) in [6, 6.07) is 5.21. The number of ketones is 2. The SMILES string of the molecule is CC1C=CC=CC=CC=CC=CC=CC=CC(O[C@H]2O[C@@H](C)[C@H](O)[C@@H](N)[C@H]2O)CC2OC(O)(CC(O)CC(O)CC(O)CC(O)CC(=O)CC(O)CC(=O)OC1C(C)CCC(O)CC(=O)c1ccc(N)cc1)CC(O)C2C(=O)O. The second-order valence-electron chi connectivity index (χ2n) is 21.2. The zero-order valence-electron chi connectivity index (χ0n) is 45.1. The lowest BCUT2D eigenvalue weighted by molar-refractivity contribution is -0.308. The van der Waals surface area contributed by atoms with Gasteiger partial charge in [0.15, 0.2) is 17.9 Å². The van der Waals surface area contributed by atoms with Crippen LogP contribution in [-0.2, 0) is 33.3 Å². The fourth-order valence-corrected chi connectivity index (χ4v) is 9.90. The molecule has 0 aromatic heterocycles. The summed E-state index contributed by atoms with van der Waals surface area (Å²) in [4.78, 5) is 51.6. The van der Waals surface area contributed by atoms with Gasteiger partial charge in [-0.2, -0.15) is 0 Å². The molecule has 21 heteroatoms. The summed E-state index contributed by atoms with van der Waals surface area (Å²) >= 11 is 0. The van der Waals surface area contributed by atoms with Crippen molar-refractivity contribution < 1.29 is 94.3 Å². The zero-order valence-corrected chi connectivity index (χ0v) is 45.1. The van der Waals surface area contributed by atoms with Crippen molar-refractivity contribution in [2.24, 2.45) is 23.5 Å². The molecule has 2 fully saturated rings. The van der Waals surface area contributed by atoms with Crippen LogP contribution in [0.4, 0.5) is 5.69 Å². The van der Waals surface area contributed by atoms with Gasteiger partial charge in [0.1, 0.15) is 23.9 Å². The average Bonchev–Trinajstić information content (AvgIpc) is 3.35. The van der Waals surface area contributed by atoms with Gasteiger partial charge in [0.25, 0.3) is 0 Å². The molecule has 3 aliphatic heterocycles. The van der Waals surface area contributed by atoms with Gasteiger partial charge >= 0.3 is 11.9 Å². The molecule has 440 valence electrons. The molecule has 2 saturated heterocycles. The van der Waals surface area contributed by atoms with Crippen molar-refractivity contribution in [1.29, 1.82) is 0 Å². The van der Waals surface area contributed by atoms with E-state index >= 15 is 0 Å². The van der Waals surface area contributed by atoms with Crippen molar-refractivity contribution in [1.82, 2.24) is 0 Å². The molecule has 3 heterocycles. The molecule has 15 N–H and O–H groups in total. The van der Waals surface area contributed by atoms with E-state index in [0.29, 0.717) is 17.7 Å². The van der Waals surface area contributed by atoms with Gasteiger partial charge < -0.3 is 86.6 Å². The number of nitrogen functional groups attached to an aromatic ring is 1. The van der Waals surface area contributed by atoms with Crippen LogP contribution in [0.1, 0.15) is 108 Å². The fourth-order valence-electron chi connectivity index (χ4n) is 9.90. The minimum absolute atomic E-state index is 0.128. The molecule has 0 amide bonds. The molecule has 4 rings (SSSR count). The summed E-state index contributed by atoms with van der Waals surface area (Å²) in [6.07, 6.45) is 1.70. The minimum Gasteiger partial charge on any atom is -0.481 e. The van der Waals surface area contributed by atoms with E-state index in [9.17, 15) is 75.3 Å². The largest absolute Gasteiger partial charge is 0.481 e. The number of anilines is 1. The lowest BCUT2D eigenvalue weighted by Crippen LogP contribution is -2.61. The van der Waals surface area contributed by atoms with E-state index in [1.165, 1.54) is 13.0 Å². The van der Waals surface area contributed by atoms with Crippen LogP contribution in [0.25, 0.3) is 0 Å². The minimum atomic E-state index is -2.34. The molecular weight excluding hydrogens is 1030 g/mol. The highest BCUT2D eigenvalue weighted by molar-refractivity contribution is 5.96. The number of ether oxygens (including phenoxy) is 4. The number of allylic oxidation sites excluding steroid dienone is 12. The lowest BCUT2D eigenvalue weighted by atomic mass is 9.82. The average molecular weight is 1110 g/mol. The highest BCUT2D eigenvalue weighted by Crippen LogP contribution is 2.38. The molecule has 21 nitrogen and oxygen atoms in total. The van der Waals surface area contributed by atoms with Gasteiger partial charge in [0, 0.05) is 55.7 Å². The van der Waals surface area contributed by atoms with E-state index in [1.807, 2.05) is 19.9 Å². The van der Waals surface area contributed by atoms with E-state index < -0.39 is 172 Å². The number of aliphatic carboxylic acids is 1. The Morgan fingerprint density at radius 3 is 1.85 bits per heavy atom. The fraction of sp³-hybridized carbons (Fsp3) is 0.586. The third kappa shape index (κ3) is 23.1. The smallest absolute Gasteiger partial charge is 0.311 e. The Morgan fingerprint density at radius 2 is 1.25 bits per heavy atom. The first-order chi connectivity index (χ1) is 37.3. The summed E-state index contributed by atoms with van der Waals surface area (Å²) in [5.74, 6) is -7.81.